The molecule has 0 amide bonds. The maximum absolute atomic E-state index is 12.4. The van der Waals surface area contributed by atoms with Gasteiger partial charge in [0.1, 0.15) is 0 Å². The Labute approximate surface area is 115 Å². The Morgan fingerprint density at radius 2 is 1.79 bits per heavy atom. The van der Waals surface area contributed by atoms with Gasteiger partial charge in [0.05, 0.1) is 4.90 Å². The van der Waals surface area contributed by atoms with E-state index < -0.39 is 10.0 Å². The first-order valence-electron chi connectivity index (χ1n) is 6.64. The minimum atomic E-state index is -3.47. The molecule has 0 aromatic heterocycles. The molecule has 1 aromatic rings. The second-order valence-corrected chi connectivity index (χ2v) is 7.28. The average Bonchev–Trinajstić information content (AvgIpc) is 3.07. The largest absolute Gasteiger partial charge is 0.326 e. The van der Waals surface area contributed by atoms with Crippen LogP contribution in [0.1, 0.15) is 29.5 Å². The molecule has 0 spiro atoms. The molecule has 1 aliphatic carbocycles. The summed E-state index contributed by atoms with van der Waals surface area (Å²) in [7, 11) is -3.47. The Morgan fingerprint density at radius 1 is 1.26 bits per heavy atom. The Hall–Kier alpha value is -0.910. The second-order valence-electron chi connectivity index (χ2n) is 5.58. The van der Waals surface area contributed by atoms with Crippen molar-refractivity contribution in [2.45, 2.75) is 44.6 Å². The maximum atomic E-state index is 12.4. The predicted molar refractivity (Wildman–Crippen MR) is 76.5 cm³/mol. The van der Waals surface area contributed by atoms with Crippen molar-refractivity contribution in [2.24, 2.45) is 11.7 Å². The van der Waals surface area contributed by atoms with Crippen molar-refractivity contribution < 1.29 is 8.42 Å². The first-order valence-corrected chi connectivity index (χ1v) is 8.12. The Balaban J connectivity index is 2.19. The molecule has 0 bridgehead atoms. The van der Waals surface area contributed by atoms with Gasteiger partial charge in [-0.05, 0) is 50.7 Å². The minimum absolute atomic E-state index is 0.0687. The van der Waals surface area contributed by atoms with Crippen LogP contribution < -0.4 is 10.5 Å². The van der Waals surface area contributed by atoms with E-state index in [1.165, 1.54) is 0 Å². The molecular formula is C14H22N2O2S. The first kappa shape index (κ1) is 14.5. The molecule has 1 fully saturated rings. The summed E-state index contributed by atoms with van der Waals surface area (Å²) >= 11 is 0. The molecular weight excluding hydrogens is 260 g/mol. The number of nitrogens with two attached hydrogens (primary N) is 1. The van der Waals surface area contributed by atoms with Crippen molar-refractivity contribution in [1.82, 2.24) is 4.72 Å². The molecule has 1 saturated carbocycles. The smallest absolute Gasteiger partial charge is 0.241 e. The van der Waals surface area contributed by atoms with Crippen LogP contribution in [0.4, 0.5) is 0 Å². The van der Waals surface area contributed by atoms with E-state index in [1.807, 2.05) is 32.9 Å². The molecule has 19 heavy (non-hydrogen) atoms. The molecule has 1 atom stereocenters. The van der Waals surface area contributed by atoms with Gasteiger partial charge in [-0.25, -0.2) is 13.1 Å². The van der Waals surface area contributed by atoms with Crippen LogP contribution in [0.5, 0.6) is 0 Å². The maximum Gasteiger partial charge on any atom is 0.241 e. The van der Waals surface area contributed by atoms with E-state index in [2.05, 4.69) is 4.72 Å². The molecule has 4 nitrogen and oxygen atoms in total. The second kappa shape index (κ2) is 5.23. The molecule has 5 heteroatoms. The topological polar surface area (TPSA) is 72.2 Å². The van der Waals surface area contributed by atoms with Gasteiger partial charge in [0, 0.05) is 12.6 Å². The first-order chi connectivity index (χ1) is 8.81. The molecule has 2 rings (SSSR count). The van der Waals surface area contributed by atoms with Crippen molar-refractivity contribution in [3.63, 3.8) is 0 Å². The number of hydrogen-bond acceptors (Lipinski definition) is 3. The van der Waals surface area contributed by atoms with Crippen LogP contribution >= 0.6 is 0 Å². The third-order valence-electron chi connectivity index (χ3n) is 3.61. The lowest BCUT2D eigenvalue weighted by molar-refractivity contribution is 0.547. The SMILES string of the molecule is Cc1cc(C)c(S(=O)(=O)NCC(N)C2CC2)c(C)c1. The molecule has 3 N–H and O–H groups in total. The summed E-state index contributed by atoms with van der Waals surface area (Å²) in [5.74, 6) is 0.489. The molecule has 0 saturated heterocycles. The summed E-state index contributed by atoms with van der Waals surface area (Å²) in [6, 6.07) is 3.71. The van der Waals surface area contributed by atoms with Gasteiger partial charge in [-0.15, -0.1) is 0 Å². The summed E-state index contributed by atoms with van der Waals surface area (Å²) in [5.41, 5.74) is 8.58. The summed E-state index contributed by atoms with van der Waals surface area (Å²) in [5, 5.41) is 0. The summed E-state index contributed by atoms with van der Waals surface area (Å²) in [6.07, 6.45) is 2.23. The van der Waals surface area contributed by atoms with E-state index in [4.69, 9.17) is 5.73 Å². The molecule has 1 unspecified atom stereocenters. The third kappa shape index (κ3) is 3.35. The quantitative estimate of drug-likeness (QED) is 0.862. The third-order valence-corrected chi connectivity index (χ3v) is 5.34. The van der Waals surface area contributed by atoms with Gasteiger partial charge in [0.15, 0.2) is 0 Å². The minimum Gasteiger partial charge on any atom is -0.326 e. The van der Waals surface area contributed by atoms with Crippen LogP contribution in [0.25, 0.3) is 0 Å². The zero-order valence-corrected chi connectivity index (χ0v) is 12.5. The summed E-state index contributed by atoms with van der Waals surface area (Å²) in [4.78, 5) is 0.390. The van der Waals surface area contributed by atoms with Crippen LogP contribution in [0, 0.1) is 26.7 Å². The lowest BCUT2D eigenvalue weighted by atomic mass is 10.1. The van der Waals surface area contributed by atoms with Crippen molar-refractivity contribution in [2.75, 3.05) is 6.54 Å². The zero-order valence-electron chi connectivity index (χ0n) is 11.7. The zero-order chi connectivity index (χ0) is 14.2. The normalized spacial score (nSPS) is 17.5. The Kier molecular flexibility index (Phi) is 3.99. The van der Waals surface area contributed by atoms with E-state index in [1.54, 1.807) is 0 Å². The number of nitrogens with one attached hydrogen (secondary N) is 1. The van der Waals surface area contributed by atoms with Crippen LogP contribution in [-0.2, 0) is 10.0 Å². The van der Waals surface area contributed by atoms with Crippen LogP contribution in [0.2, 0.25) is 0 Å². The van der Waals surface area contributed by atoms with Gasteiger partial charge < -0.3 is 5.73 Å². The summed E-state index contributed by atoms with van der Waals surface area (Å²) in [6.45, 7) is 5.94. The highest BCUT2D eigenvalue weighted by atomic mass is 32.2. The van der Waals surface area contributed by atoms with Crippen LogP contribution in [0.15, 0.2) is 17.0 Å². The lowest BCUT2D eigenvalue weighted by Crippen LogP contribution is -2.38. The van der Waals surface area contributed by atoms with Crippen molar-refractivity contribution >= 4 is 10.0 Å². The number of aryl methyl sites for hydroxylation is 3. The predicted octanol–water partition coefficient (Wildman–Crippen LogP) is 1.63. The molecule has 1 aliphatic rings. The Bertz CT molecular complexity index is 554. The highest BCUT2D eigenvalue weighted by molar-refractivity contribution is 7.89. The van der Waals surface area contributed by atoms with E-state index in [0.717, 1.165) is 29.5 Å². The van der Waals surface area contributed by atoms with Gasteiger partial charge in [0.25, 0.3) is 0 Å². The molecule has 1 aromatic carbocycles. The van der Waals surface area contributed by atoms with Gasteiger partial charge in [-0.3, -0.25) is 0 Å². The van der Waals surface area contributed by atoms with Crippen molar-refractivity contribution in [3.8, 4) is 0 Å². The number of hydrogen-bond donors (Lipinski definition) is 2. The number of sulfonamides is 1. The number of benzene rings is 1. The molecule has 0 heterocycles. The lowest BCUT2D eigenvalue weighted by Gasteiger charge is -2.15. The van der Waals surface area contributed by atoms with Crippen molar-refractivity contribution in [3.05, 3.63) is 28.8 Å². The highest BCUT2D eigenvalue weighted by Crippen LogP contribution is 2.31. The van der Waals surface area contributed by atoms with Crippen LogP contribution in [0.3, 0.4) is 0 Å². The Morgan fingerprint density at radius 3 is 2.26 bits per heavy atom. The van der Waals surface area contributed by atoms with E-state index in [9.17, 15) is 8.42 Å². The van der Waals surface area contributed by atoms with Gasteiger partial charge >= 0.3 is 0 Å². The van der Waals surface area contributed by atoms with Crippen LogP contribution in [-0.4, -0.2) is 21.0 Å². The van der Waals surface area contributed by atoms with E-state index in [-0.39, 0.29) is 6.04 Å². The van der Waals surface area contributed by atoms with Gasteiger partial charge in [-0.1, -0.05) is 17.7 Å². The van der Waals surface area contributed by atoms with Crippen molar-refractivity contribution in [1.29, 1.82) is 0 Å². The fourth-order valence-electron chi connectivity index (χ4n) is 2.56. The highest BCUT2D eigenvalue weighted by Gasteiger charge is 2.30. The van der Waals surface area contributed by atoms with E-state index in [0.29, 0.717) is 17.4 Å². The van der Waals surface area contributed by atoms with Gasteiger partial charge in [0.2, 0.25) is 10.0 Å². The van der Waals surface area contributed by atoms with E-state index >= 15 is 0 Å². The summed E-state index contributed by atoms with van der Waals surface area (Å²) < 4.78 is 27.4. The number of rotatable bonds is 5. The monoisotopic (exact) mass is 282 g/mol. The fourth-order valence-corrected chi connectivity index (χ4v) is 4.08. The molecule has 106 valence electrons. The standard InChI is InChI=1S/C14H22N2O2S/c1-9-6-10(2)14(11(3)7-9)19(17,18)16-8-13(15)12-4-5-12/h6-7,12-13,16H,4-5,8,15H2,1-3H3. The fraction of sp³-hybridized carbons (Fsp3) is 0.571. The molecule has 0 aliphatic heterocycles. The molecule has 0 radical (unpaired) electrons. The average molecular weight is 282 g/mol. The van der Waals surface area contributed by atoms with Gasteiger partial charge in [-0.2, -0.15) is 0 Å².